The van der Waals surface area contributed by atoms with E-state index in [9.17, 15) is 44.4 Å². The largest absolute Gasteiger partial charge is 0.463 e. The summed E-state index contributed by atoms with van der Waals surface area (Å²) in [6.07, 6.45) is -6.41. The minimum absolute atomic E-state index is 0.0673. The summed E-state index contributed by atoms with van der Waals surface area (Å²) in [6, 6.07) is 24.2. The zero-order valence-electron chi connectivity index (χ0n) is 30.0. The zero-order chi connectivity index (χ0) is 39.4. The number of nitrogens with one attached hydrogen (secondary N) is 1. The summed E-state index contributed by atoms with van der Waals surface area (Å²) in [5, 5.41) is 44.1. The number of rotatable bonds is 20. The Bertz CT molecular complexity index is 1870. The van der Waals surface area contributed by atoms with Gasteiger partial charge >= 0.3 is 5.97 Å². The highest BCUT2D eigenvalue weighted by Gasteiger charge is 2.32. The Balaban J connectivity index is 1.59. The SMILES string of the molecule is CCC(O[N+](=O)[O-])C(COC(=O)C[C@H](O)C[C@H](O)CCn1c(-c2ccc(F)cc2)c(-c2ccccc2)c(C(=O)Nc2ccccc2)c1C(C)C)O[N+](=O)[O-]. The number of benzene rings is 3. The molecule has 0 saturated heterocycles. The first kappa shape index (κ1) is 40.9. The third-order valence-electron chi connectivity index (χ3n) is 8.59. The van der Waals surface area contributed by atoms with Crippen LogP contribution >= 0.6 is 0 Å². The molecule has 4 aromatic rings. The van der Waals surface area contributed by atoms with Crippen molar-refractivity contribution in [2.45, 2.75) is 83.3 Å². The molecular weight excluding hydrogens is 707 g/mol. The van der Waals surface area contributed by atoms with E-state index in [-0.39, 0.29) is 37.6 Å². The highest BCUT2D eigenvalue weighted by atomic mass is 19.1. The summed E-state index contributed by atoms with van der Waals surface area (Å²) in [5.74, 6) is -2.00. The number of para-hydroxylation sites is 1. The highest BCUT2D eigenvalue weighted by molar-refractivity contribution is 6.12. The molecule has 3 N–H and O–H groups in total. The lowest BCUT2D eigenvalue weighted by atomic mass is 9.94. The molecule has 1 amide bonds. The second-order valence-electron chi connectivity index (χ2n) is 12.8. The number of halogens is 1. The molecular formula is C38H43FN4O11. The van der Waals surface area contributed by atoms with Crippen molar-refractivity contribution in [2.75, 3.05) is 11.9 Å². The van der Waals surface area contributed by atoms with E-state index >= 15 is 0 Å². The molecule has 288 valence electrons. The number of hydrogen-bond donors (Lipinski definition) is 3. The fourth-order valence-electron chi connectivity index (χ4n) is 6.26. The van der Waals surface area contributed by atoms with Gasteiger partial charge in [0.25, 0.3) is 16.1 Å². The number of ether oxygens (including phenoxy) is 1. The van der Waals surface area contributed by atoms with Crippen LogP contribution in [0.2, 0.25) is 0 Å². The van der Waals surface area contributed by atoms with Crippen molar-refractivity contribution in [1.82, 2.24) is 4.57 Å². The van der Waals surface area contributed by atoms with Crippen LogP contribution in [0.15, 0.2) is 84.9 Å². The molecule has 54 heavy (non-hydrogen) atoms. The number of aromatic nitrogens is 1. The Morgan fingerprint density at radius 2 is 1.44 bits per heavy atom. The number of aliphatic hydroxyl groups is 2. The predicted molar refractivity (Wildman–Crippen MR) is 195 cm³/mol. The van der Waals surface area contributed by atoms with E-state index < -0.39 is 59.4 Å². The van der Waals surface area contributed by atoms with E-state index in [1.807, 2.05) is 54.8 Å². The highest BCUT2D eigenvalue weighted by Crippen LogP contribution is 2.42. The molecule has 0 fully saturated rings. The van der Waals surface area contributed by atoms with Crippen molar-refractivity contribution >= 4 is 17.6 Å². The van der Waals surface area contributed by atoms with Crippen LogP contribution in [0.3, 0.4) is 0 Å². The first-order valence-electron chi connectivity index (χ1n) is 17.4. The second kappa shape index (κ2) is 19.3. The Labute approximate surface area is 310 Å². The van der Waals surface area contributed by atoms with Crippen molar-refractivity contribution in [1.29, 1.82) is 0 Å². The number of carbonyl (C=O) groups excluding carboxylic acids is 2. The fraction of sp³-hybridized carbons (Fsp3) is 0.368. The number of nitrogens with zero attached hydrogens (tertiary/aromatic N) is 3. The molecule has 0 aliphatic rings. The van der Waals surface area contributed by atoms with Crippen LogP contribution in [0.5, 0.6) is 0 Å². The van der Waals surface area contributed by atoms with Gasteiger partial charge in [0, 0.05) is 23.5 Å². The number of amides is 1. The normalized spacial score (nSPS) is 13.4. The Morgan fingerprint density at radius 1 is 0.852 bits per heavy atom. The number of esters is 1. The lowest BCUT2D eigenvalue weighted by Crippen LogP contribution is -2.39. The van der Waals surface area contributed by atoms with Crippen LogP contribution in [0.4, 0.5) is 10.1 Å². The van der Waals surface area contributed by atoms with E-state index in [1.165, 1.54) is 19.1 Å². The molecule has 0 saturated carbocycles. The van der Waals surface area contributed by atoms with Crippen LogP contribution in [0, 0.1) is 26.0 Å². The number of anilines is 1. The molecule has 4 rings (SSSR count). The molecule has 1 aromatic heterocycles. The van der Waals surface area contributed by atoms with Crippen molar-refractivity contribution in [2.24, 2.45) is 0 Å². The molecule has 0 aliphatic carbocycles. The van der Waals surface area contributed by atoms with Crippen LogP contribution in [-0.2, 0) is 25.8 Å². The van der Waals surface area contributed by atoms with Crippen LogP contribution in [0.25, 0.3) is 22.4 Å². The van der Waals surface area contributed by atoms with Crippen molar-refractivity contribution in [3.8, 4) is 22.4 Å². The number of hydrogen-bond acceptors (Lipinski definition) is 11. The van der Waals surface area contributed by atoms with E-state index in [1.54, 1.807) is 36.4 Å². The van der Waals surface area contributed by atoms with Crippen molar-refractivity contribution in [3.05, 3.63) is 122 Å². The maximum Gasteiger partial charge on any atom is 0.308 e. The first-order chi connectivity index (χ1) is 25.8. The van der Waals surface area contributed by atoms with Crippen molar-refractivity contribution < 1.29 is 48.8 Å². The van der Waals surface area contributed by atoms with Gasteiger partial charge in [-0.25, -0.2) is 4.39 Å². The molecule has 0 aliphatic heterocycles. The summed E-state index contributed by atoms with van der Waals surface area (Å²) in [7, 11) is 0. The molecule has 1 heterocycles. The summed E-state index contributed by atoms with van der Waals surface area (Å²) in [5.41, 5.74) is 4.27. The summed E-state index contributed by atoms with van der Waals surface area (Å²) >= 11 is 0. The maximum atomic E-state index is 14.2. The average molecular weight is 751 g/mol. The van der Waals surface area contributed by atoms with Gasteiger partial charge in [0.05, 0.1) is 29.9 Å². The molecule has 0 radical (unpaired) electrons. The van der Waals surface area contributed by atoms with Gasteiger partial charge in [-0.15, -0.1) is 20.2 Å². The topological polar surface area (TPSA) is 206 Å². The lowest BCUT2D eigenvalue weighted by molar-refractivity contribution is -0.799. The van der Waals surface area contributed by atoms with E-state index in [0.717, 1.165) is 5.56 Å². The van der Waals surface area contributed by atoms with Gasteiger partial charge in [0.1, 0.15) is 18.5 Å². The molecule has 4 atom stereocenters. The Kier molecular flexibility index (Phi) is 14.6. The minimum atomic E-state index is -1.60. The van der Waals surface area contributed by atoms with Crippen molar-refractivity contribution in [3.63, 3.8) is 0 Å². The Morgan fingerprint density at radius 3 is 2.02 bits per heavy atom. The molecule has 3 aromatic carbocycles. The van der Waals surface area contributed by atoms with Gasteiger partial charge in [-0.3, -0.25) is 9.59 Å². The predicted octanol–water partition coefficient (Wildman–Crippen LogP) is 6.34. The van der Waals surface area contributed by atoms with E-state index in [0.29, 0.717) is 33.8 Å². The Hall–Kier alpha value is -5.87. The quantitative estimate of drug-likeness (QED) is 0.0517. The van der Waals surface area contributed by atoms with Gasteiger partial charge in [0.2, 0.25) is 0 Å². The van der Waals surface area contributed by atoms with Crippen LogP contribution < -0.4 is 5.32 Å². The van der Waals surface area contributed by atoms with E-state index in [4.69, 9.17) is 4.74 Å². The van der Waals surface area contributed by atoms with Crippen LogP contribution in [0.1, 0.15) is 68.4 Å². The fourth-order valence-corrected chi connectivity index (χ4v) is 6.26. The minimum Gasteiger partial charge on any atom is -0.463 e. The summed E-state index contributed by atoms with van der Waals surface area (Å²) < 4.78 is 21.1. The molecule has 15 nitrogen and oxygen atoms in total. The monoisotopic (exact) mass is 750 g/mol. The smallest absolute Gasteiger partial charge is 0.308 e. The molecule has 0 bridgehead atoms. The average Bonchev–Trinajstić information content (AvgIpc) is 3.48. The summed E-state index contributed by atoms with van der Waals surface area (Å²) in [6.45, 7) is 4.73. The summed E-state index contributed by atoms with van der Waals surface area (Å²) in [4.78, 5) is 57.3. The van der Waals surface area contributed by atoms with Gasteiger partial charge in [-0.1, -0.05) is 69.3 Å². The van der Waals surface area contributed by atoms with Gasteiger partial charge < -0.3 is 34.5 Å². The third-order valence-corrected chi connectivity index (χ3v) is 8.59. The van der Waals surface area contributed by atoms with Crippen LogP contribution in [-0.4, -0.2) is 67.9 Å². The molecule has 16 heteroatoms. The molecule has 0 spiro atoms. The standard InChI is InChI=1S/C38H43FN4O11/c1-4-31(53-42(48)49)32(54-43(50)51)23-52-33(46)22-30(45)21-29(44)19-20-41-36(24(2)3)35(38(47)40-28-13-9-6-10-14-28)34(25-11-7-5-8-12-25)37(41)26-15-17-27(39)18-16-26/h5-18,24,29-32,44-45H,4,19-23H2,1-3H3,(H,40,47)/t29-,30-,31?,32?/m1/s1. The van der Waals surface area contributed by atoms with E-state index in [2.05, 4.69) is 15.0 Å². The second-order valence-corrected chi connectivity index (χ2v) is 12.8. The van der Waals surface area contributed by atoms with Gasteiger partial charge in [0.15, 0.2) is 6.10 Å². The lowest BCUT2D eigenvalue weighted by Gasteiger charge is -2.22. The zero-order valence-corrected chi connectivity index (χ0v) is 30.0. The first-order valence-corrected chi connectivity index (χ1v) is 17.4. The number of aliphatic hydroxyl groups excluding tert-OH is 2. The number of carbonyl (C=O) groups is 2. The maximum absolute atomic E-state index is 14.2. The van der Waals surface area contributed by atoms with Gasteiger partial charge in [-0.2, -0.15) is 0 Å². The van der Waals surface area contributed by atoms with Gasteiger partial charge in [-0.05, 0) is 72.7 Å². The third kappa shape index (κ3) is 11.1. The molecule has 2 unspecified atom stereocenters.